The molecule has 2 fully saturated rings. The van der Waals surface area contributed by atoms with Crippen molar-refractivity contribution < 1.29 is 4.79 Å². The highest BCUT2D eigenvalue weighted by molar-refractivity contribution is 5.88. The summed E-state index contributed by atoms with van der Waals surface area (Å²) in [5, 5.41) is 16.7. The number of urea groups is 1. The number of hydrogen-bond donors (Lipinski definition) is 1. The molecule has 2 aromatic rings. The van der Waals surface area contributed by atoms with Gasteiger partial charge < -0.3 is 9.80 Å². The molecule has 4 rings (SSSR count). The molecule has 1 saturated heterocycles. The van der Waals surface area contributed by atoms with Gasteiger partial charge in [0.25, 0.3) is 0 Å². The predicted molar refractivity (Wildman–Crippen MR) is 101 cm³/mol. The number of piperazine rings is 1. The van der Waals surface area contributed by atoms with Gasteiger partial charge in [0.05, 0.1) is 17.8 Å². The molecule has 0 unspecified atom stereocenters. The third-order valence-electron chi connectivity index (χ3n) is 5.35. The molecule has 1 saturated carbocycles. The van der Waals surface area contributed by atoms with Crippen LogP contribution in [-0.4, -0.2) is 51.9 Å². The summed E-state index contributed by atoms with van der Waals surface area (Å²) in [6.45, 7) is 2.48. The van der Waals surface area contributed by atoms with Gasteiger partial charge in [0.1, 0.15) is 17.7 Å². The molecule has 8 heteroatoms. The van der Waals surface area contributed by atoms with Crippen molar-refractivity contribution in [3.63, 3.8) is 0 Å². The molecule has 140 valence electrons. The Morgan fingerprint density at radius 1 is 1.15 bits per heavy atom. The zero-order valence-electron chi connectivity index (χ0n) is 15.2. The molecular formula is C19H23N7O. The van der Waals surface area contributed by atoms with Crippen LogP contribution in [0.4, 0.5) is 16.4 Å². The van der Waals surface area contributed by atoms with E-state index in [9.17, 15) is 10.1 Å². The Bertz CT molecular complexity index is 842. The van der Waals surface area contributed by atoms with E-state index in [1.165, 1.54) is 12.8 Å². The summed E-state index contributed by atoms with van der Waals surface area (Å²) in [5.74, 6) is 1.46. The van der Waals surface area contributed by atoms with E-state index in [-0.39, 0.29) is 6.03 Å². The first-order valence-electron chi connectivity index (χ1n) is 9.46. The molecule has 1 aliphatic carbocycles. The van der Waals surface area contributed by atoms with Gasteiger partial charge in [0.2, 0.25) is 0 Å². The van der Waals surface area contributed by atoms with Gasteiger partial charge in [-0.25, -0.2) is 14.5 Å². The minimum absolute atomic E-state index is 0.101. The molecule has 2 amide bonds. The first-order chi connectivity index (χ1) is 13.3. The minimum Gasteiger partial charge on any atom is -0.352 e. The second kappa shape index (κ2) is 7.66. The number of anilines is 2. The van der Waals surface area contributed by atoms with Crippen LogP contribution >= 0.6 is 0 Å². The van der Waals surface area contributed by atoms with E-state index in [0.29, 0.717) is 43.6 Å². The molecule has 27 heavy (non-hydrogen) atoms. The maximum atomic E-state index is 12.7. The summed E-state index contributed by atoms with van der Waals surface area (Å²) in [6, 6.07) is 7.86. The lowest BCUT2D eigenvalue weighted by Gasteiger charge is -2.35. The summed E-state index contributed by atoms with van der Waals surface area (Å²) in [4.78, 5) is 20.9. The first-order valence-corrected chi connectivity index (χ1v) is 9.46. The van der Waals surface area contributed by atoms with Crippen molar-refractivity contribution in [2.75, 3.05) is 36.4 Å². The molecule has 2 aromatic heterocycles. The SMILES string of the molecule is N#Cc1cccnc1N1CCN(C(=O)Nc2ccnn2C2CCCC2)CC1. The number of carbonyl (C=O) groups excluding carboxylic acids is 1. The molecule has 3 heterocycles. The van der Waals surface area contributed by atoms with Crippen molar-refractivity contribution in [2.24, 2.45) is 0 Å². The van der Waals surface area contributed by atoms with E-state index in [2.05, 4.69) is 26.4 Å². The molecule has 0 radical (unpaired) electrons. The molecule has 0 aromatic carbocycles. The number of pyridine rings is 1. The Morgan fingerprint density at radius 2 is 1.93 bits per heavy atom. The number of carbonyl (C=O) groups is 1. The van der Waals surface area contributed by atoms with Crippen molar-refractivity contribution in [2.45, 2.75) is 31.7 Å². The average molecular weight is 365 g/mol. The monoisotopic (exact) mass is 365 g/mol. The summed E-state index contributed by atoms with van der Waals surface area (Å²) >= 11 is 0. The van der Waals surface area contributed by atoms with Gasteiger partial charge >= 0.3 is 6.03 Å². The van der Waals surface area contributed by atoms with Crippen LogP contribution < -0.4 is 10.2 Å². The number of rotatable bonds is 3. The highest BCUT2D eigenvalue weighted by atomic mass is 16.2. The number of hydrogen-bond acceptors (Lipinski definition) is 5. The van der Waals surface area contributed by atoms with Crippen LogP contribution in [0.2, 0.25) is 0 Å². The molecule has 8 nitrogen and oxygen atoms in total. The van der Waals surface area contributed by atoms with Crippen molar-refractivity contribution in [1.29, 1.82) is 5.26 Å². The second-order valence-electron chi connectivity index (χ2n) is 6.99. The fourth-order valence-corrected chi connectivity index (χ4v) is 3.90. The number of aromatic nitrogens is 3. The van der Waals surface area contributed by atoms with Gasteiger partial charge in [-0.1, -0.05) is 12.8 Å². The minimum atomic E-state index is -0.101. The Labute approximate surface area is 158 Å². The Kier molecular flexibility index (Phi) is 4.92. The van der Waals surface area contributed by atoms with Crippen LogP contribution in [0.15, 0.2) is 30.6 Å². The fraction of sp³-hybridized carbons (Fsp3) is 0.474. The maximum Gasteiger partial charge on any atom is 0.323 e. The number of amides is 2. The van der Waals surface area contributed by atoms with Crippen molar-refractivity contribution in [1.82, 2.24) is 19.7 Å². The molecule has 0 bridgehead atoms. The molecule has 0 atom stereocenters. The molecule has 1 N–H and O–H groups in total. The summed E-state index contributed by atoms with van der Waals surface area (Å²) in [6.07, 6.45) is 8.12. The lowest BCUT2D eigenvalue weighted by Crippen LogP contribution is -2.50. The molecule has 1 aliphatic heterocycles. The fourth-order valence-electron chi connectivity index (χ4n) is 3.90. The maximum absolute atomic E-state index is 12.7. The van der Waals surface area contributed by atoms with Gasteiger partial charge in [-0.15, -0.1) is 0 Å². The smallest absolute Gasteiger partial charge is 0.323 e. The molecular weight excluding hydrogens is 342 g/mol. The molecule has 2 aliphatic rings. The van der Waals surface area contributed by atoms with E-state index in [0.717, 1.165) is 18.7 Å². The van der Waals surface area contributed by atoms with Crippen molar-refractivity contribution in [3.05, 3.63) is 36.2 Å². The topological polar surface area (TPSA) is 90.1 Å². The number of nitriles is 1. The Hall–Kier alpha value is -3.08. The highest BCUT2D eigenvalue weighted by Gasteiger charge is 2.25. The third-order valence-corrected chi connectivity index (χ3v) is 5.35. The summed E-state index contributed by atoms with van der Waals surface area (Å²) in [7, 11) is 0. The van der Waals surface area contributed by atoms with Crippen molar-refractivity contribution in [3.8, 4) is 6.07 Å². The van der Waals surface area contributed by atoms with Gasteiger partial charge in [0, 0.05) is 38.4 Å². The predicted octanol–water partition coefficient (Wildman–Crippen LogP) is 2.62. The van der Waals surface area contributed by atoms with E-state index in [1.54, 1.807) is 29.4 Å². The van der Waals surface area contributed by atoms with Crippen LogP contribution in [0.1, 0.15) is 37.3 Å². The summed E-state index contributed by atoms with van der Waals surface area (Å²) < 4.78 is 1.95. The van der Waals surface area contributed by atoms with Crippen LogP contribution in [0.5, 0.6) is 0 Å². The Balaban J connectivity index is 1.37. The average Bonchev–Trinajstić information content (AvgIpc) is 3.39. The third kappa shape index (κ3) is 3.58. The van der Waals surface area contributed by atoms with E-state index < -0.39 is 0 Å². The quantitative estimate of drug-likeness (QED) is 0.903. The van der Waals surface area contributed by atoms with Crippen LogP contribution in [0.3, 0.4) is 0 Å². The number of nitrogens with zero attached hydrogens (tertiary/aromatic N) is 6. The second-order valence-corrected chi connectivity index (χ2v) is 6.99. The van der Waals surface area contributed by atoms with E-state index >= 15 is 0 Å². The molecule has 0 spiro atoms. The van der Waals surface area contributed by atoms with Crippen LogP contribution in [0.25, 0.3) is 0 Å². The lowest BCUT2D eigenvalue weighted by atomic mass is 10.2. The summed E-state index contributed by atoms with van der Waals surface area (Å²) in [5.41, 5.74) is 0.566. The van der Waals surface area contributed by atoms with E-state index in [4.69, 9.17) is 0 Å². The first kappa shape index (κ1) is 17.3. The van der Waals surface area contributed by atoms with Crippen LogP contribution in [0, 0.1) is 11.3 Å². The highest BCUT2D eigenvalue weighted by Crippen LogP contribution is 2.31. The Morgan fingerprint density at radius 3 is 2.67 bits per heavy atom. The lowest BCUT2D eigenvalue weighted by molar-refractivity contribution is 0.207. The van der Waals surface area contributed by atoms with Crippen molar-refractivity contribution >= 4 is 17.7 Å². The van der Waals surface area contributed by atoms with Gasteiger partial charge in [-0.2, -0.15) is 10.4 Å². The van der Waals surface area contributed by atoms with E-state index in [1.807, 2.05) is 10.7 Å². The van der Waals surface area contributed by atoms with Gasteiger partial charge in [0.15, 0.2) is 0 Å². The van der Waals surface area contributed by atoms with Crippen LogP contribution in [-0.2, 0) is 0 Å². The zero-order chi connectivity index (χ0) is 18.6. The normalized spacial score (nSPS) is 17.7. The largest absolute Gasteiger partial charge is 0.352 e. The zero-order valence-corrected chi connectivity index (χ0v) is 15.2. The van der Waals surface area contributed by atoms with Gasteiger partial charge in [-0.3, -0.25) is 5.32 Å². The number of nitrogens with one attached hydrogen (secondary N) is 1. The van der Waals surface area contributed by atoms with Gasteiger partial charge in [-0.05, 0) is 25.0 Å². The standard InChI is InChI=1S/C19H23N7O/c20-14-15-4-3-8-21-18(15)24-10-12-25(13-11-24)19(27)23-17-7-9-22-26(17)16-5-1-2-6-16/h3-4,7-9,16H,1-2,5-6,10-13H2,(H,23,27).